The van der Waals surface area contributed by atoms with Crippen molar-refractivity contribution in [1.29, 1.82) is 0 Å². The Morgan fingerprint density at radius 2 is 2.37 bits per heavy atom. The number of piperidine rings is 1. The highest BCUT2D eigenvalue weighted by atomic mass is 16.5. The van der Waals surface area contributed by atoms with Gasteiger partial charge in [-0.3, -0.25) is 4.79 Å². The molecule has 2 heterocycles. The number of carbonyl (C=O) groups excluding carboxylic acids is 1. The van der Waals surface area contributed by atoms with Crippen molar-refractivity contribution < 1.29 is 9.53 Å². The molecule has 4 nitrogen and oxygen atoms in total. The number of nitrogens with one attached hydrogen (secondary N) is 1. The van der Waals surface area contributed by atoms with E-state index in [-0.39, 0.29) is 12.5 Å². The summed E-state index contributed by atoms with van der Waals surface area (Å²) >= 11 is 0. The van der Waals surface area contributed by atoms with Gasteiger partial charge in [-0.1, -0.05) is 6.07 Å². The van der Waals surface area contributed by atoms with Crippen molar-refractivity contribution in [3.63, 3.8) is 0 Å². The highest BCUT2D eigenvalue weighted by molar-refractivity contribution is 5.97. The molecule has 1 amide bonds. The lowest BCUT2D eigenvalue weighted by Gasteiger charge is -2.27. The highest BCUT2D eigenvalue weighted by Gasteiger charge is 2.22. The van der Waals surface area contributed by atoms with Gasteiger partial charge in [0.2, 0.25) is 0 Å². The molecule has 4 heteroatoms. The molecule has 1 atom stereocenters. The normalized spacial score (nSPS) is 22.9. The Morgan fingerprint density at radius 1 is 1.47 bits per heavy atom. The maximum absolute atomic E-state index is 11.6. The molecular formula is C15H20N2O2. The van der Waals surface area contributed by atoms with Crippen LogP contribution in [0.15, 0.2) is 18.2 Å². The molecule has 0 spiro atoms. The lowest BCUT2D eigenvalue weighted by atomic mass is 9.92. The number of hydrogen-bond donors (Lipinski definition) is 1. The summed E-state index contributed by atoms with van der Waals surface area (Å²) in [4.78, 5) is 13.2. The Balaban J connectivity index is 1.76. The van der Waals surface area contributed by atoms with Gasteiger partial charge in [-0.05, 0) is 56.0 Å². The Labute approximate surface area is 113 Å². The van der Waals surface area contributed by atoms with Gasteiger partial charge in [0, 0.05) is 7.05 Å². The molecule has 0 saturated carbocycles. The minimum atomic E-state index is 0.0109. The van der Waals surface area contributed by atoms with Crippen molar-refractivity contribution in [2.75, 3.05) is 31.6 Å². The zero-order valence-electron chi connectivity index (χ0n) is 11.3. The molecular weight excluding hydrogens is 240 g/mol. The first-order valence-corrected chi connectivity index (χ1v) is 6.97. The molecule has 1 saturated heterocycles. The predicted octanol–water partition coefficient (Wildman–Crippen LogP) is 1.58. The summed E-state index contributed by atoms with van der Waals surface area (Å²) in [6.45, 7) is 2.41. The first kappa shape index (κ1) is 12.5. The van der Waals surface area contributed by atoms with Gasteiger partial charge in [0.15, 0.2) is 6.61 Å². The summed E-state index contributed by atoms with van der Waals surface area (Å²) in [7, 11) is 1.80. The molecule has 0 aliphatic carbocycles. The minimum absolute atomic E-state index is 0.0109. The fraction of sp³-hybridized carbons (Fsp3) is 0.533. The van der Waals surface area contributed by atoms with Crippen molar-refractivity contribution in [3.05, 3.63) is 23.8 Å². The van der Waals surface area contributed by atoms with Crippen LogP contribution in [0, 0.1) is 5.92 Å². The average Bonchev–Trinajstić information content (AvgIpc) is 2.44. The molecule has 1 N–H and O–H groups in total. The molecule has 3 rings (SSSR count). The lowest BCUT2D eigenvalue weighted by Crippen LogP contribution is -2.35. The smallest absolute Gasteiger partial charge is 0.264 e. The van der Waals surface area contributed by atoms with Crippen LogP contribution in [0.2, 0.25) is 0 Å². The topological polar surface area (TPSA) is 41.6 Å². The molecule has 2 aliphatic rings. The van der Waals surface area contributed by atoms with Crippen molar-refractivity contribution >= 4 is 11.6 Å². The summed E-state index contributed by atoms with van der Waals surface area (Å²) in [5, 5.41) is 3.45. The van der Waals surface area contributed by atoms with Crippen molar-refractivity contribution in [1.82, 2.24) is 5.32 Å². The number of likely N-dealkylation sites (N-methyl/N-ethyl adjacent to an activating group) is 1. The first-order valence-electron chi connectivity index (χ1n) is 6.97. The number of amides is 1. The van der Waals surface area contributed by atoms with E-state index in [1.165, 1.54) is 18.4 Å². The van der Waals surface area contributed by atoms with Gasteiger partial charge in [-0.2, -0.15) is 0 Å². The van der Waals surface area contributed by atoms with E-state index in [2.05, 4.69) is 17.4 Å². The second-order valence-electron chi connectivity index (χ2n) is 5.46. The van der Waals surface area contributed by atoms with E-state index >= 15 is 0 Å². The van der Waals surface area contributed by atoms with E-state index in [1.54, 1.807) is 11.9 Å². The third-order valence-electron chi connectivity index (χ3n) is 4.03. The maximum atomic E-state index is 11.6. The molecule has 19 heavy (non-hydrogen) atoms. The van der Waals surface area contributed by atoms with Gasteiger partial charge in [0.25, 0.3) is 5.91 Å². The number of hydrogen-bond acceptors (Lipinski definition) is 3. The molecule has 1 aromatic rings. The third kappa shape index (κ3) is 2.59. The largest absolute Gasteiger partial charge is 0.482 e. The van der Waals surface area contributed by atoms with E-state index < -0.39 is 0 Å². The Hall–Kier alpha value is -1.55. The number of anilines is 1. The summed E-state index contributed by atoms with van der Waals surface area (Å²) in [5.74, 6) is 1.56. The molecule has 2 aliphatic heterocycles. The van der Waals surface area contributed by atoms with Crippen molar-refractivity contribution in [2.24, 2.45) is 5.92 Å². The van der Waals surface area contributed by atoms with Crippen molar-refractivity contribution in [3.8, 4) is 5.75 Å². The minimum Gasteiger partial charge on any atom is -0.482 e. The molecule has 0 bridgehead atoms. The van der Waals surface area contributed by atoms with Crippen molar-refractivity contribution in [2.45, 2.75) is 19.3 Å². The fourth-order valence-corrected chi connectivity index (χ4v) is 2.88. The van der Waals surface area contributed by atoms with E-state index in [4.69, 9.17) is 4.74 Å². The van der Waals surface area contributed by atoms with Gasteiger partial charge in [-0.25, -0.2) is 0 Å². The quantitative estimate of drug-likeness (QED) is 0.878. The summed E-state index contributed by atoms with van der Waals surface area (Å²) in [5.41, 5.74) is 2.18. The molecule has 1 unspecified atom stereocenters. The number of fused-ring (bicyclic) bond motifs is 1. The fourth-order valence-electron chi connectivity index (χ4n) is 2.88. The Morgan fingerprint density at radius 3 is 3.16 bits per heavy atom. The van der Waals surface area contributed by atoms with E-state index in [1.807, 2.05) is 6.07 Å². The zero-order chi connectivity index (χ0) is 13.2. The second-order valence-corrected chi connectivity index (χ2v) is 5.46. The molecule has 1 aromatic carbocycles. The van der Waals surface area contributed by atoms with Crippen LogP contribution in [-0.4, -0.2) is 32.7 Å². The summed E-state index contributed by atoms with van der Waals surface area (Å²) in [6, 6.07) is 6.21. The van der Waals surface area contributed by atoms with E-state index in [0.717, 1.165) is 36.9 Å². The van der Waals surface area contributed by atoms with Crippen LogP contribution < -0.4 is 15.0 Å². The van der Waals surface area contributed by atoms with Crippen LogP contribution in [0.1, 0.15) is 18.4 Å². The van der Waals surface area contributed by atoms with Crippen LogP contribution in [0.3, 0.4) is 0 Å². The van der Waals surface area contributed by atoms with Crippen LogP contribution in [0.25, 0.3) is 0 Å². The van der Waals surface area contributed by atoms with Gasteiger partial charge < -0.3 is 15.0 Å². The lowest BCUT2D eigenvalue weighted by molar-refractivity contribution is -0.120. The first-order chi connectivity index (χ1) is 9.24. The Bertz CT molecular complexity index is 481. The van der Waals surface area contributed by atoms with Gasteiger partial charge >= 0.3 is 0 Å². The molecule has 0 aromatic heterocycles. The number of benzene rings is 1. The van der Waals surface area contributed by atoms with Crippen LogP contribution >= 0.6 is 0 Å². The SMILES string of the molecule is CN1C(=O)COc2cc(CC3CCCNC3)ccc21. The number of nitrogens with zero attached hydrogens (tertiary/aromatic N) is 1. The standard InChI is InChI=1S/C15H20N2O2/c1-17-13-5-4-11(7-12-3-2-6-16-9-12)8-14(13)19-10-15(17)18/h4-5,8,12,16H,2-3,6-7,9-10H2,1H3. The maximum Gasteiger partial charge on any atom is 0.264 e. The Kier molecular flexibility index (Phi) is 3.42. The van der Waals surface area contributed by atoms with E-state index in [9.17, 15) is 4.79 Å². The zero-order valence-corrected chi connectivity index (χ0v) is 11.3. The van der Waals surface area contributed by atoms with Crippen LogP contribution in [-0.2, 0) is 11.2 Å². The van der Waals surface area contributed by atoms with Crippen LogP contribution in [0.5, 0.6) is 5.75 Å². The summed E-state index contributed by atoms with van der Waals surface area (Å²) in [6.07, 6.45) is 3.65. The monoisotopic (exact) mass is 260 g/mol. The van der Waals surface area contributed by atoms with E-state index in [0.29, 0.717) is 0 Å². The third-order valence-corrected chi connectivity index (χ3v) is 4.03. The number of ether oxygens (including phenoxy) is 1. The van der Waals surface area contributed by atoms with Gasteiger partial charge in [0.05, 0.1) is 5.69 Å². The second kappa shape index (κ2) is 5.21. The van der Waals surface area contributed by atoms with Gasteiger partial charge in [-0.15, -0.1) is 0 Å². The number of rotatable bonds is 2. The molecule has 1 fully saturated rings. The molecule has 102 valence electrons. The predicted molar refractivity (Wildman–Crippen MR) is 74.6 cm³/mol. The average molecular weight is 260 g/mol. The van der Waals surface area contributed by atoms with Crippen LogP contribution in [0.4, 0.5) is 5.69 Å². The van der Waals surface area contributed by atoms with Gasteiger partial charge in [0.1, 0.15) is 5.75 Å². The number of carbonyl (C=O) groups is 1. The highest BCUT2D eigenvalue weighted by Crippen LogP contribution is 2.32. The summed E-state index contributed by atoms with van der Waals surface area (Å²) < 4.78 is 5.53. The molecule has 0 radical (unpaired) electrons.